The largest absolute Gasteiger partial charge is 0.371 e. The SMILES string of the molecule is CC(C)(C)C(=O)c1c[nH]c2ccc(-c3cccc(N4CCC5(CCS(=O)(=O)C5)C4)c3)cc12. The van der Waals surface area contributed by atoms with E-state index in [1.807, 2.05) is 33.0 Å². The first-order chi connectivity index (χ1) is 15.1. The maximum Gasteiger partial charge on any atom is 0.170 e. The molecule has 0 bridgehead atoms. The van der Waals surface area contributed by atoms with Crippen LogP contribution >= 0.6 is 0 Å². The second-order valence-electron chi connectivity index (χ2n) is 10.6. The Morgan fingerprint density at radius 2 is 1.84 bits per heavy atom. The zero-order valence-corrected chi connectivity index (χ0v) is 19.8. The van der Waals surface area contributed by atoms with E-state index in [4.69, 9.17) is 0 Å². The molecule has 1 unspecified atom stereocenters. The molecule has 2 fully saturated rings. The van der Waals surface area contributed by atoms with Crippen molar-refractivity contribution in [2.45, 2.75) is 33.6 Å². The molecule has 0 amide bonds. The Morgan fingerprint density at radius 1 is 1.06 bits per heavy atom. The number of carbonyl (C=O) groups is 1. The van der Waals surface area contributed by atoms with Crippen LogP contribution in [-0.4, -0.2) is 43.8 Å². The average molecular weight is 451 g/mol. The summed E-state index contributed by atoms with van der Waals surface area (Å²) in [6, 6.07) is 14.6. The molecule has 1 aromatic heterocycles. The molecule has 1 atom stereocenters. The van der Waals surface area contributed by atoms with Gasteiger partial charge in [-0.15, -0.1) is 0 Å². The lowest BCUT2D eigenvalue weighted by molar-refractivity contribution is 0.0860. The molecule has 3 heterocycles. The van der Waals surface area contributed by atoms with E-state index in [0.29, 0.717) is 11.5 Å². The highest BCUT2D eigenvalue weighted by Gasteiger charge is 2.46. The van der Waals surface area contributed by atoms with E-state index in [1.54, 1.807) is 0 Å². The lowest BCUT2D eigenvalue weighted by atomic mass is 9.86. The van der Waals surface area contributed by atoms with E-state index in [9.17, 15) is 13.2 Å². The van der Waals surface area contributed by atoms with Gasteiger partial charge in [0.25, 0.3) is 0 Å². The molecule has 6 heteroatoms. The molecule has 3 aromatic rings. The molecule has 168 valence electrons. The van der Waals surface area contributed by atoms with Crippen molar-refractivity contribution in [2.75, 3.05) is 29.5 Å². The second kappa shape index (κ2) is 7.20. The predicted molar refractivity (Wildman–Crippen MR) is 130 cm³/mol. The van der Waals surface area contributed by atoms with Crippen LogP contribution in [-0.2, 0) is 9.84 Å². The van der Waals surface area contributed by atoms with E-state index in [2.05, 4.69) is 46.3 Å². The predicted octanol–water partition coefficient (Wildman–Crippen LogP) is 5.08. The van der Waals surface area contributed by atoms with Crippen molar-refractivity contribution in [3.8, 4) is 11.1 Å². The highest BCUT2D eigenvalue weighted by Crippen LogP contribution is 2.42. The van der Waals surface area contributed by atoms with Crippen molar-refractivity contribution in [3.63, 3.8) is 0 Å². The van der Waals surface area contributed by atoms with Gasteiger partial charge in [-0.1, -0.05) is 39.0 Å². The first kappa shape index (κ1) is 21.3. The molecule has 2 aliphatic rings. The fourth-order valence-electron chi connectivity index (χ4n) is 5.23. The third-order valence-electron chi connectivity index (χ3n) is 7.06. The Kier molecular flexibility index (Phi) is 4.79. The number of hydrogen-bond donors (Lipinski definition) is 1. The number of nitrogens with one attached hydrogen (secondary N) is 1. The van der Waals surface area contributed by atoms with E-state index in [0.717, 1.165) is 59.2 Å². The van der Waals surface area contributed by atoms with Crippen LogP contribution in [0.2, 0.25) is 0 Å². The zero-order chi connectivity index (χ0) is 22.7. The molecular formula is C26H30N2O3S. The highest BCUT2D eigenvalue weighted by molar-refractivity contribution is 7.91. The minimum absolute atomic E-state index is 0.0823. The van der Waals surface area contributed by atoms with Gasteiger partial charge in [-0.3, -0.25) is 4.79 Å². The van der Waals surface area contributed by atoms with Gasteiger partial charge in [0.05, 0.1) is 11.5 Å². The van der Waals surface area contributed by atoms with E-state index < -0.39 is 15.3 Å². The van der Waals surface area contributed by atoms with Crippen LogP contribution in [0.3, 0.4) is 0 Å². The summed E-state index contributed by atoms with van der Waals surface area (Å²) in [5.41, 5.74) is 4.46. The number of rotatable bonds is 3. The van der Waals surface area contributed by atoms with Crippen molar-refractivity contribution in [3.05, 3.63) is 54.2 Å². The molecule has 0 aliphatic carbocycles. The van der Waals surface area contributed by atoms with E-state index in [1.165, 1.54) is 0 Å². The molecule has 1 N–H and O–H groups in total. The number of anilines is 1. The first-order valence-electron chi connectivity index (χ1n) is 11.3. The quantitative estimate of drug-likeness (QED) is 0.565. The molecule has 32 heavy (non-hydrogen) atoms. The fraction of sp³-hybridized carbons (Fsp3) is 0.423. The standard InChI is InChI=1S/C26H30N2O3S/c1-25(2,3)24(29)22-15-27-23-8-7-19(14-21(22)23)18-5-4-6-20(13-18)28-11-9-26(16-28)10-12-32(30,31)17-26/h4-8,13-15,27H,9-12,16-17H2,1-3H3. The molecule has 1 spiro atoms. The molecule has 0 radical (unpaired) electrons. The van der Waals surface area contributed by atoms with Crippen molar-refractivity contribution in [2.24, 2.45) is 10.8 Å². The summed E-state index contributed by atoms with van der Waals surface area (Å²) >= 11 is 0. The summed E-state index contributed by atoms with van der Waals surface area (Å²) in [7, 11) is -2.89. The third-order valence-corrected chi connectivity index (χ3v) is 8.94. The Hall–Kier alpha value is -2.60. The van der Waals surface area contributed by atoms with Gasteiger partial charge in [0, 0.05) is 52.3 Å². The average Bonchev–Trinajstić information content (AvgIpc) is 3.43. The maximum atomic E-state index is 12.9. The number of Topliss-reactive ketones (excluding diaryl/α,β-unsaturated/α-hetero) is 1. The minimum Gasteiger partial charge on any atom is -0.371 e. The summed E-state index contributed by atoms with van der Waals surface area (Å²) < 4.78 is 24.1. The summed E-state index contributed by atoms with van der Waals surface area (Å²) in [6.07, 6.45) is 3.53. The number of sulfone groups is 1. The van der Waals surface area contributed by atoms with Gasteiger partial charge < -0.3 is 9.88 Å². The van der Waals surface area contributed by atoms with Gasteiger partial charge in [0.15, 0.2) is 15.6 Å². The molecule has 5 nitrogen and oxygen atoms in total. The molecular weight excluding hydrogens is 420 g/mol. The van der Waals surface area contributed by atoms with Crippen molar-refractivity contribution < 1.29 is 13.2 Å². The fourth-order valence-corrected chi connectivity index (χ4v) is 7.44. The van der Waals surface area contributed by atoms with E-state index >= 15 is 0 Å². The zero-order valence-electron chi connectivity index (χ0n) is 18.9. The van der Waals surface area contributed by atoms with Gasteiger partial charge in [0.2, 0.25) is 0 Å². The van der Waals surface area contributed by atoms with Crippen LogP contribution in [0.5, 0.6) is 0 Å². The number of nitrogens with zero attached hydrogens (tertiary/aromatic N) is 1. The Labute approximate surface area is 189 Å². The second-order valence-corrected chi connectivity index (χ2v) is 12.8. The topological polar surface area (TPSA) is 70.2 Å². The number of carbonyl (C=O) groups excluding carboxylic acids is 1. The number of benzene rings is 2. The highest BCUT2D eigenvalue weighted by atomic mass is 32.2. The molecule has 2 aliphatic heterocycles. The van der Waals surface area contributed by atoms with Crippen LogP contribution in [0.1, 0.15) is 44.0 Å². The van der Waals surface area contributed by atoms with Crippen molar-refractivity contribution in [1.82, 2.24) is 4.98 Å². The van der Waals surface area contributed by atoms with Crippen molar-refractivity contribution in [1.29, 1.82) is 0 Å². The lowest BCUT2D eigenvalue weighted by Gasteiger charge is -2.24. The lowest BCUT2D eigenvalue weighted by Crippen LogP contribution is -2.28. The Morgan fingerprint density at radius 3 is 2.56 bits per heavy atom. The number of aromatic amines is 1. The normalized spacial score (nSPS) is 22.8. The van der Waals surface area contributed by atoms with E-state index in [-0.39, 0.29) is 11.2 Å². The number of aromatic nitrogens is 1. The maximum absolute atomic E-state index is 12.9. The minimum atomic E-state index is -2.89. The molecule has 5 rings (SSSR count). The number of H-pyrrole nitrogens is 1. The summed E-state index contributed by atoms with van der Waals surface area (Å²) in [5.74, 6) is 0.779. The number of fused-ring (bicyclic) bond motifs is 1. The van der Waals surface area contributed by atoms with Gasteiger partial charge >= 0.3 is 0 Å². The number of ketones is 1. The van der Waals surface area contributed by atoms with Gasteiger partial charge in [-0.2, -0.15) is 0 Å². The van der Waals surface area contributed by atoms with Crippen LogP contribution in [0.4, 0.5) is 5.69 Å². The van der Waals surface area contributed by atoms with Crippen molar-refractivity contribution >= 4 is 32.2 Å². The van der Waals surface area contributed by atoms with Crippen LogP contribution in [0, 0.1) is 10.8 Å². The van der Waals surface area contributed by atoms with Crippen LogP contribution < -0.4 is 4.90 Å². The Bertz CT molecular complexity index is 1320. The van der Waals surface area contributed by atoms with Gasteiger partial charge in [-0.25, -0.2) is 8.42 Å². The summed E-state index contributed by atoms with van der Waals surface area (Å²) in [4.78, 5) is 18.5. The molecule has 2 saturated heterocycles. The molecule has 2 aromatic carbocycles. The Balaban J connectivity index is 1.45. The van der Waals surface area contributed by atoms with Crippen LogP contribution in [0.15, 0.2) is 48.7 Å². The van der Waals surface area contributed by atoms with Gasteiger partial charge in [0.1, 0.15) is 0 Å². The summed E-state index contributed by atoms with van der Waals surface area (Å²) in [6.45, 7) is 7.52. The summed E-state index contributed by atoms with van der Waals surface area (Å²) in [5, 5.41) is 0.948. The van der Waals surface area contributed by atoms with Crippen LogP contribution in [0.25, 0.3) is 22.0 Å². The first-order valence-corrected chi connectivity index (χ1v) is 13.1. The third kappa shape index (κ3) is 3.75. The molecule has 0 saturated carbocycles. The van der Waals surface area contributed by atoms with Gasteiger partial charge in [-0.05, 0) is 48.2 Å². The number of hydrogen-bond acceptors (Lipinski definition) is 4. The smallest absolute Gasteiger partial charge is 0.170 e. The monoisotopic (exact) mass is 450 g/mol.